The lowest BCUT2D eigenvalue weighted by Crippen LogP contribution is -2.17. The monoisotopic (exact) mass is 180 g/mol. The first-order valence-electron chi connectivity index (χ1n) is 5.16. The number of carbonyl (C=O) groups excluding carboxylic acids is 1. The lowest BCUT2D eigenvalue weighted by atomic mass is 9.74. The van der Waals surface area contributed by atoms with E-state index < -0.39 is 0 Å². The van der Waals surface area contributed by atoms with Crippen molar-refractivity contribution >= 4 is 6.29 Å². The zero-order valence-corrected chi connectivity index (χ0v) is 9.02. The van der Waals surface area contributed by atoms with Gasteiger partial charge in [0.05, 0.1) is 0 Å². The summed E-state index contributed by atoms with van der Waals surface area (Å²) in [6.07, 6.45) is 6.66. The van der Waals surface area contributed by atoms with E-state index in [0.717, 1.165) is 6.29 Å². The van der Waals surface area contributed by atoms with Crippen LogP contribution >= 0.6 is 0 Å². The predicted molar refractivity (Wildman–Crippen MR) is 55.6 cm³/mol. The Kier molecular flexibility index (Phi) is 3.29. The standard InChI is InChI=1S/C12H20O/c1-10(6-8-13)11-5-4-7-12(2,3)9-11/h8H,4-7,9H2,1-3H3. The predicted octanol–water partition coefficient (Wildman–Crippen LogP) is 3.49. The van der Waals surface area contributed by atoms with E-state index in [4.69, 9.17) is 0 Å². The molecule has 74 valence electrons. The van der Waals surface area contributed by atoms with Crippen LogP contribution < -0.4 is 0 Å². The van der Waals surface area contributed by atoms with Gasteiger partial charge in [-0.3, -0.25) is 0 Å². The molecular weight excluding hydrogens is 160 g/mol. The first kappa shape index (κ1) is 10.5. The van der Waals surface area contributed by atoms with E-state index in [1.807, 2.05) is 0 Å². The van der Waals surface area contributed by atoms with Gasteiger partial charge in [0.1, 0.15) is 6.29 Å². The Hall–Kier alpha value is -0.590. The maximum Gasteiger partial charge on any atom is 0.124 e. The summed E-state index contributed by atoms with van der Waals surface area (Å²) in [6, 6.07) is 0. The third-order valence-electron chi connectivity index (χ3n) is 3.02. The first-order valence-corrected chi connectivity index (χ1v) is 5.16. The van der Waals surface area contributed by atoms with Crippen LogP contribution in [0, 0.1) is 5.41 Å². The average Bonchev–Trinajstić information content (AvgIpc) is 2.03. The third kappa shape index (κ3) is 2.98. The molecule has 1 heteroatoms. The molecule has 0 amide bonds. The molecule has 0 aromatic heterocycles. The van der Waals surface area contributed by atoms with Gasteiger partial charge in [-0.1, -0.05) is 25.0 Å². The molecule has 0 aliphatic heterocycles. The van der Waals surface area contributed by atoms with Crippen molar-refractivity contribution in [2.45, 2.75) is 52.9 Å². The Bertz CT molecular complexity index is 223. The fourth-order valence-corrected chi connectivity index (χ4v) is 2.17. The molecule has 0 spiro atoms. The van der Waals surface area contributed by atoms with E-state index in [-0.39, 0.29) is 0 Å². The topological polar surface area (TPSA) is 17.1 Å². The second kappa shape index (κ2) is 4.08. The summed E-state index contributed by atoms with van der Waals surface area (Å²) in [7, 11) is 0. The molecule has 1 fully saturated rings. The van der Waals surface area contributed by atoms with Gasteiger partial charge in [0.2, 0.25) is 0 Å². The van der Waals surface area contributed by atoms with Crippen LogP contribution in [0.3, 0.4) is 0 Å². The Morgan fingerprint density at radius 1 is 1.54 bits per heavy atom. The highest BCUT2D eigenvalue weighted by Gasteiger charge is 2.24. The molecular formula is C12H20O. The lowest BCUT2D eigenvalue weighted by Gasteiger charge is -2.32. The van der Waals surface area contributed by atoms with Crippen LogP contribution in [-0.2, 0) is 4.79 Å². The van der Waals surface area contributed by atoms with E-state index in [9.17, 15) is 4.79 Å². The smallest absolute Gasteiger partial charge is 0.124 e. The maximum absolute atomic E-state index is 10.4. The largest absolute Gasteiger partial charge is 0.303 e. The lowest BCUT2D eigenvalue weighted by molar-refractivity contribution is -0.107. The van der Waals surface area contributed by atoms with Crippen molar-refractivity contribution < 1.29 is 4.79 Å². The second-order valence-electron chi connectivity index (χ2n) is 4.95. The van der Waals surface area contributed by atoms with Crippen molar-refractivity contribution in [3.05, 3.63) is 11.1 Å². The van der Waals surface area contributed by atoms with Crippen LogP contribution in [0.25, 0.3) is 0 Å². The summed E-state index contributed by atoms with van der Waals surface area (Å²) in [6.45, 7) is 6.74. The van der Waals surface area contributed by atoms with Crippen molar-refractivity contribution in [2.24, 2.45) is 5.41 Å². The molecule has 1 nitrogen and oxygen atoms in total. The highest BCUT2D eigenvalue weighted by Crippen LogP contribution is 2.39. The second-order valence-corrected chi connectivity index (χ2v) is 4.95. The van der Waals surface area contributed by atoms with Gasteiger partial charge in [-0.2, -0.15) is 0 Å². The molecule has 0 unspecified atom stereocenters. The van der Waals surface area contributed by atoms with Gasteiger partial charge in [0, 0.05) is 6.42 Å². The minimum Gasteiger partial charge on any atom is -0.303 e. The van der Waals surface area contributed by atoms with Gasteiger partial charge >= 0.3 is 0 Å². The van der Waals surface area contributed by atoms with Crippen molar-refractivity contribution in [2.75, 3.05) is 0 Å². The van der Waals surface area contributed by atoms with E-state index in [1.165, 1.54) is 36.8 Å². The van der Waals surface area contributed by atoms with Crippen LogP contribution in [0.4, 0.5) is 0 Å². The third-order valence-corrected chi connectivity index (χ3v) is 3.02. The van der Waals surface area contributed by atoms with Gasteiger partial charge in [0.15, 0.2) is 0 Å². The fourth-order valence-electron chi connectivity index (χ4n) is 2.17. The SMILES string of the molecule is CC(CC=O)=C1CCCC(C)(C)C1. The van der Waals surface area contributed by atoms with Crippen molar-refractivity contribution in [3.8, 4) is 0 Å². The molecule has 1 rings (SSSR count). The van der Waals surface area contributed by atoms with E-state index in [2.05, 4.69) is 20.8 Å². The first-order chi connectivity index (χ1) is 6.05. The molecule has 0 aromatic rings. The van der Waals surface area contributed by atoms with E-state index >= 15 is 0 Å². The average molecular weight is 180 g/mol. The van der Waals surface area contributed by atoms with Crippen LogP contribution in [0.5, 0.6) is 0 Å². The Morgan fingerprint density at radius 2 is 2.23 bits per heavy atom. The van der Waals surface area contributed by atoms with Crippen molar-refractivity contribution in [3.63, 3.8) is 0 Å². The Morgan fingerprint density at radius 3 is 2.77 bits per heavy atom. The molecule has 1 aliphatic rings. The number of carbonyl (C=O) groups is 1. The molecule has 0 atom stereocenters. The number of allylic oxidation sites excluding steroid dienone is 2. The zero-order chi connectivity index (χ0) is 9.90. The molecule has 0 N–H and O–H groups in total. The minimum atomic E-state index is 0.456. The van der Waals surface area contributed by atoms with Crippen molar-refractivity contribution in [1.82, 2.24) is 0 Å². The Balaban J connectivity index is 2.70. The summed E-state index contributed by atoms with van der Waals surface area (Å²) in [5.41, 5.74) is 3.30. The minimum absolute atomic E-state index is 0.456. The van der Waals surface area contributed by atoms with Gasteiger partial charge in [-0.25, -0.2) is 0 Å². The quantitative estimate of drug-likeness (QED) is 0.469. The molecule has 0 heterocycles. The highest BCUT2D eigenvalue weighted by atomic mass is 16.1. The zero-order valence-electron chi connectivity index (χ0n) is 9.02. The summed E-state index contributed by atoms with van der Waals surface area (Å²) < 4.78 is 0. The summed E-state index contributed by atoms with van der Waals surface area (Å²) >= 11 is 0. The number of aldehydes is 1. The maximum atomic E-state index is 10.4. The molecule has 1 saturated carbocycles. The Labute approximate surface area is 81.2 Å². The molecule has 1 aliphatic carbocycles. The normalized spacial score (nSPS) is 25.5. The van der Waals surface area contributed by atoms with Crippen LogP contribution in [0.15, 0.2) is 11.1 Å². The van der Waals surface area contributed by atoms with Gasteiger partial charge in [0.25, 0.3) is 0 Å². The summed E-state index contributed by atoms with van der Waals surface area (Å²) in [5.74, 6) is 0. The van der Waals surface area contributed by atoms with Gasteiger partial charge in [-0.15, -0.1) is 0 Å². The van der Waals surface area contributed by atoms with E-state index in [1.54, 1.807) is 0 Å². The molecule has 0 saturated heterocycles. The number of hydrogen-bond donors (Lipinski definition) is 0. The van der Waals surface area contributed by atoms with Crippen LogP contribution in [0.1, 0.15) is 52.9 Å². The van der Waals surface area contributed by atoms with Crippen LogP contribution in [-0.4, -0.2) is 6.29 Å². The summed E-state index contributed by atoms with van der Waals surface area (Å²) in [5, 5.41) is 0. The molecule has 0 aromatic carbocycles. The molecule has 13 heavy (non-hydrogen) atoms. The van der Waals surface area contributed by atoms with Gasteiger partial charge < -0.3 is 4.79 Å². The van der Waals surface area contributed by atoms with Crippen LogP contribution in [0.2, 0.25) is 0 Å². The number of hydrogen-bond acceptors (Lipinski definition) is 1. The fraction of sp³-hybridized carbons (Fsp3) is 0.750. The highest BCUT2D eigenvalue weighted by molar-refractivity contribution is 5.54. The number of rotatable bonds is 2. The van der Waals surface area contributed by atoms with E-state index in [0.29, 0.717) is 11.8 Å². The summed E-state index contributed by atoms with van der Waals surface area (Å²) in [4.78, 5) is 10.4. The molecule has 0 radical (unpaired) electrons. The van der Waals surface area contributed by atoms with Gasteiger partial charge in [-0.05, 0) is 38.0 Å². The van der Waals surface area contributed by atoms with Crippen molar-refractivity contribution in [1.29, 1.82) is 0 Å². The molecule has 0 bridgehead atoms.